The van der Waals surface area contributed by atoms with Gasteiger partial charge < -0.3 is 4.90 Å². The monoisotopic (exact) mass is 235 g/mol. The van der Waals surface area contributed by atoms with Crippen molar-refractivity contribution in [1.82, 2.24) is 4.90 Å². The lowest BCUT2D eigenvalue weighted by atomic mass is 10.1. The number of hydrogen-bond acceptors (Lipinski definition) is 1. The molecule has 0 atom stereocenters. The van der Waals surface area contributed by atoms with Crippen LogP contribution >= 0.6 is 0 Å². The van der Waals surface area contributed by atoms with Gasteiger partial charge in [-0.05, 0) is 47.1 Å². The first-order valence-electron chi connectivity index (χ1n) is 6.37. The number of terminal acetylenes is 1. The summed E-state index contributed by atoms with van der Waals surface area (Å²) in [5.41, 5.74) is 2.81. The van der Waals surface area contributed by atoms with Gasteiger partial charge in [0, 0.05) is 13.1 Å². The van der Waals surface area contributed by atoms with E-state index in [1.807, 2.05) is 6.92 Å². The number of nitrogens with zero attached hydrogens (tertiary/aromatic N) is 1. The summed E-state index contributed by atoms with van der Waals surface area (Å²) in [6.45, 7) is 17.7. The molecule has 0 spiro atoms. The second-order valence-corrected chi connectivity index (χ2v) is 4.34. The summed E-state index contributed by atoms with van der Waals surface area (Å²) in [6.07, 6.45) is 9.11. The van der Waals surface area contributed by atoms with Crippen molar-refractivity contribution >= 4 is 0 Å². The molecule has 1 aliphatic heterocycles. The van der Waals surface area contributed by atoms with E-state index in [0.717, 1.165) is 0 Å². The van der Waals surface area contributed by atoms with Crippen molar-refractivity contribution in [1.29, 1.82) is 0 Å². The minimum atomic E-state index is 1.20. The van der Waals surface area contributed by atoms with Crippen molar-refractivity contribution in [3.8, 4) is 12.3 Å². The topological polar surface area (TPSA) is 3.24 Å². The molecule has 1 nitrogen and oxygen atoms in total. The maximum atomic E-state index is 4.60. The Morgan fingerprint density at radius 3 is 2.00 bits per heavy atom. The van der Waals surface area contributed by atoms with E-state index in [2.05, 4.69) is 50.7 Å². The lowest BCUT2D eigenvalue weighted by Crippen LogP contribution is -2.29. The van der Waals surface area contributed by atoms with Crippen LogP contribution in [-0.2, 0) is 0 Å². The van der Waals surface area contributed by atoms with Crippen LogP contribution in [0.4, 0.5) is 0 Å². The van der Waals surface area contributed by atoms with Gasteiger partial charge in [-0.15, -0.1) is 12.3 Å². The molecule has 1 heterocycles. The van der Waals surface area contributed by atoms with Gasteiger partial charge in [-0.1, -0.05) is 30.7 Å². The zero-order valence-electron chi connectivity index (χ0n) is 12.3. The molecule has 0 unspecified atom stereocenters. The van der Waals surface area contributed by atoms with Crippen LogP contribution in [0.5, 0.6) is 0 Å². The predicted octanol–water partition coefficient (Wildman–Crippen LogP) is 4.27. The molecular weight excluding hydrogens is 206 g/mol. The Morgan fingerprint density at radius 1 is 1.41 bits per heavy atom. The third-order valence-corrected chi connectivity index (χ3v) is 2.59. The molecule has 0 N–H and O–H groups in total. The Morgan fingerprint density at radius 2 is 1.76 bits per heavy atom. The summed E-state index contributed by atoms with van der Waals surface area (Å²) < 4.78 is 0. The summed E-state index contributed by atoms with van der Waals surface area (Å²) in [4.78, 5) is 2.47. The molecule has 98 valence electrons. The van der Waals surface area contributed by atoms with Gasteiger partial charge in [0.05, 0.1) is 0 Å². The molecule has 0 aromatic carbocycles. The van der Waals surface area contributed by atoms with Crippen LogP contribution in [0.3, 0.4) is 0 Å². The number of likely N-dealkylation sites (tertiary alicyclic amines) is 1. The van der Waals surface area contributed by atoms with Crippen LogP contribution in [0.15, 0.2) is 23.8 Å². The maximum Gasteiger partial charge on any atom is 0.00185 e. The van der Waals surface area contributed by atoms with Gasteiger partial charge in [0.15, 0.2) is 0 Å². The quantitative estimate of drug-likeness (QED) is 0.484. The van der Waals surface area contributed by atoms with E-state index >= 15 is 0 Å². The van der Waals surface area contributed by atoms with E-state index < -0.39 is 0 Å². The Balaban J connectivity index is 0. The zero-order valence-corrected chi connectivity index (χ0v) is 12.3. The van der Waals surface area contributed by atoms with Crippen LogP contribution in [0.25, 0.3) is 0 Å². The third-order valence-electron chi connectivity index (χ3n) is 2.59. The van der Waals surface area contributed by atoms with Gasteiger partial charge in [-0.3, -0.25) is 0 Å². The van der Waals surface area contributed by atoms with Gasteiger partial charge in [-0.25, -0.2) is 0 Å². The zero-order chi connectivity index (χ0) is 13.7. The Bertz CT molecular complexity index is 241. The summed E-state index contributed by atoms with van der Waals surface area (Å²) >= 11 is 0. The fourth-order valence-corrected chi connectivity index (χ4v) is 1.19. The fourth-order valence-electron chi connectivity index (χ4n) is 1.19. The largest absolute Gasteiger partial charge is 0.303 e. The predicted molar refractivity (Wildman–Crippen MR) is 80.1 cm³/mol. The first-order chi connectivity index (χ1) is 8.01. The van der Waals surface area contributed by atoms with Gasteiger partial charge in [0.1, 0.15) is 0 Å². The smallest absolute Gasteiger partial charge is 0.00185 e. The normalized spacial score (nSPS) is 14.5. The van der Waals surface area contributed by atoms with Crippen molar-refractivity contribution in [2.45, 2.75) is 47.5 Å². The lowest BCUT2D eigenvalue weighted by molar-refractivity contribution is 0.270. The molecular formula is C16H29N. The van der Waals surface area contributed by atoms with Crippen molar-refractivity contribution in [2.75, 3.05) is 19.6 Å². The van der Waals surface area contributed by atoms with E-state index in [0.29, 0.717) is 0 Å². The summed E-state index contributed by atoms with van der Waals surface area (Å²) in [5.74, 6) is 2.25. The van der Waals surface area contributed by atoms with E-state index in [-0.39, 0.29) is 0 Å². The minimum Gasteiger partial charge on any atom is -0.303 e. The SMILES string of the molecule is C#CC.C=C1CCN(CC)CC1.CC=C(C)C. The molecule has 0 bridgehead atoms. The van der Waals surface area contributed by atoms with Crippen LogP contribution in [0.2, 0.25) is 0 Å². The minimum absolute atomic E-state index is 1.20. The van der Waals surface area contributed by atoms with Crippen molar-refractivity contribution < 1.29 is 0 Å². The van der Waals surface area contributed by atoms with E-state index in [1.165, 1.54) is 43.6 Å². The fraction of sp³-hybridized carbons (Fsp3) is 0.625. The van der Waals surface area contributed by atoms with Gasteiger partial charge in [0.2, 0.25) is 0 Å². The van der Waals surface area contributed by atoms with Crippen molar-refractivity contribution in [2.24, 2.45) is 0 Å². The molecule has 0 aromatic heterocycles. The molecule has 0 amide bonds. The molecule has 0 saturated carbocycles. The van der Waals surface area contributed by atoms with E-state index in [9.17, 15) is 0 Å². The molecule has 1 saturated heterocycles. The van der Waals surface area contributed by atoms with Crippen LogP contribution in [0, 0.1) is 12.3 Å². The van der Waals surface area contributed by atoms with E-state index in [1.54, 1.807) is 6.92 Å². The highest BCUT2D eigenvalue weighted by Gasteiger charge is 2.08. The average Bonchev–Trinajstić information content (AvgIpc) is 2.32. The van der Waals surface area contributed by atoms with Crippen molar-refractivity contribution in [3.05, 3.63) is 23.8 Å². The highest BCUT2D eigenvalue weighted by atomic mass is 15.1. The number of allylic oxidation sites excluding steroid dienone is 2. The molecule has 0 aliphatic carbocycles. The Labute approximate surface area is 109 Å². The summed E-state index contributed by atoms with van der Waals surface area (Å²) in [6, 6.07) is 0. The highest BCUT2D eigenvalue weighted by molar-refractivity contribution is 4.98. The second-order valence-electron chi connectivity index (χ2n) is 4.34. The van der Waals surface area contributed by atoms with Gasteiger partial charge >= 0.3 is 0 Å². The van der Waals surface area contributed by atoms with Gasteiger partial charge in [0.25, 0.3) is 0 Å². The van der Waals surface area contributed by atoms with Crippen LogP contribution < -0.4 is 0 Å². The standard InChI is InChI=1S/C8H15N.C5H10.C3H4/c1-3-9-6-4-8(2)5-7-9;1-4-5(2)3;1-3-2/h2-7H2,1H3;4H,1-3H3;1H,2H3. The Hall–Kier alpha value is -1.00. The molecule has 1 heteroatoms. The molecule has 17 heavy (non-hydrogen) atoms. The first-order valence-corrected chi connectivity index (χ1v) is 6.37. The number of piperidine rings is 1. The van der Waals surface area contributed by atoms with Crippen LogP contribution in [0.1, 0.15) is 47.5 Å². The molecule has 0 aromatic rings. The lowest BCUT2D eigenvalue weighted by Gasteiger charge is -2.25. The average molecular weight is 235 g/mol. The first kappa shape index (κ1) is 18.4. The summed E-state index contributed by atoms with van der Waals surface area (Å²) in [5, 5.41) is 0. The highest BCUT2D eigenvalue weighted by Crippen LogP contribution is 2.12. The molecule has 1 aliphatic rings. The third kappa shape index (κ3) is 15.0. The molecule has 1 fully saturated rings. The molecule has 0 radical (unpaired) electrons. The Kier molecular flexibility index (Phi) is 14.1. The molecule has 1 rings (SSSR count). The number of rotatable bonds is 1. The van der Waals surface area contributed by atoms with Crippen LogP contribution in [-0.4, -0.2) is 24.5 Å². The van der Waals surface area contributed by atoms with Gasteiger partial charge in [-0.2, -0.15) is 0 Å². The van der Waals surface area contributed by atoms with Crippen molar-refractivity contribution in [3.63, 3.8) is 0 Å². The maximum absolute atomic E-state index is 4.60. The second kappa shape index (κ2) is 13.1. The number of hydrogen-bond donors (Lipinski definition) is 0. The van der Waals surface area contributed by atoms with E-state index in [4.69, 9.17) is 0 Å². The summed E-state index contributed by atoms with van der Waals surface area (Å²) in [7, 11) is 0.